The van der Waals surface area contributed by atoms with Crippen molar-refractivity contribution in [2.75, 3.05) is 13.3 Å². The minimum atomic E-state index is -0.631. The predicted octanol–water partition coefficient (Wildman–Crippen LogP) is 3.42. The first-order chi connectivity index (χ1) is 15.5. The second kappa shape index (κ2) is 13.6. The van der Waals surface area contributed by atoms with Crippen molar-refractivity contribution in [3.05, 3.63) is 23.8 Å². The molecule has 0 fully saturated rings. The maximum Gasteiger partial charge on any atom is 0.231 e. The predicted molar refractivity (Wildman–Crippen MR) is 126 cm³/mol. The highest BCUT2D eigenvalue weighted by atomic mass is 16.7. The van der Waals surface area contributed by atoms with Crippen LogP contribution in [0.1, 0.15) is 77.2 Å². The Hall–Kier alpha value is -2.77. The first kappa shape index (κ1) is 25.5. The molecule has 0 aliphatic carbocycles. The van der Waals surface area contributed by atoms with Gasteiger partial charge in [0.2, 0.25) is 12.7 Å². The number of amides is 1. The molecule has 2 rings (SSSR count). The Bertz CT molecular complexity index is 758. The van der Waals surface area contributed by atoms with Gasteiger partial charge in [0.15, 0.2) is 17.5 Å². The van der Waals surface area contributed by atoms with Gasteiger partial charge in [-0.15, -0.1) is 0 Å². The van der Waals surface area contributed by atoms with E-state index >= 15 is 0 Å². The molecule has 0 aromatic heterocycles. The van der Waals surface area contributed by atoms with Gasteiger partial charge in [0.25, 0.3) is 0 Å². The SMILES string of the molecule is CCCCC(C=O)(CCCC)NC(N)=NCCCCC(=O)NCc1ccc2c(c1)OCO2. The molecular formula is C24H38N4O4. The van der Waals surface area contributed by atoms with Gasteiger partial charge in [-0.05, 0) is 43.4 Å². The molecule has 8 heteroatoms. The Morgan fingerprint density at radius 3 is 2.53 bits per heavy atom. The van der Waals surface area contributed by atoms with Crippen LogP contribution in [0.5, 0.6) is 11.5 Å². The number of hydrogen-bond acceptors (Lipinski definition) is 5. The molecule has 0 unspecified atom stereocenters. The Balaban J connectivity index is 1.68. The van der Waals surface area contributed by atoms with Gasteiger partial charge < -0.3 is 30.6 Å². The molecule has 0 saturated heterocycles. The standard InChI is InChI=1S/C24H38N4O4/c1-3-5-12-24(17-29,13-6-4-2)28-23(25)26-14-8-7-9-22(30)27-16-19-10-11-20-21(15-19)32-18-31-20/h10-11,15,17H,3-9,12-14,16,18H2,1-2H3,(H,27,30)(H3,25,26,28). The first-order valence-electron chi connectivity index (χ1n) is 11.7. The summed E-state index contributed by atoms with van der Waals surface area (Å²) >= 11 is 0. The monoisotopic (exact) mass is 446 g/mol. The van der Waals surface area contributed by atoms with Crippen molar-refractivity contribution in [2.24, 2.45) is 10.7 Å². The number of guanidine groups is 1. The fourth-order valence-corrected chi connectivity index (χ4v) is 3.61. The number of benzene rings is 1. The van der Waals surface area contributed by atoms with E-state index in [0.29, 0.717) is 37.6 Å². The quantitative estimate of drug-likeness (QED) is 0.165. The van der Waals surface area contributed by atoms with Gasteiger partial charge >= 0.3 is 0 Å². The lowest BCUT2D eigenvalue weighted by molar-refractivity contribution is -0.121. The molecule has 178 valence electrons. The molecule has 1 amide bonds. The molecule has 4 N–H and O–H groups in total. The highest BCUT2D eigenvalue weighted by Crippen LogP contribution is 2.32. The van der Waals surface area contributed by atoms with Crippen molar-refractivity contribution in [2.45, 2.75) is 83.7 Å². The smallest absolute Gasteiger partial charge is 0.231 e. The fraction of sp³-hybridized carbons (Fsp3) is 0.625. The third-order valence-electron chi connectivity index (χ3n) is 5.58. The van der Waals surface area contributed by atoms with Gasteiger partial charge in [-0.1, -0.05) is 45.6 Å². The number of nitrogens with zero attached hydrogens (tertiary/aromatic N) is 1. The summed E-state index contributed by atoms with van der Waals surface area (Å²) in [7, 11) is 0. The lowest BCUT2D eigenvalue weighted by Crippen LogP contribution is -2.52. The summed E-state index contributed by atoms with van der Waals surface area (Å²) in [6.07, 6.45) is 8.37. The molecule has 0 bridgehead atoms. The number of ether oxygens (including phenoxy) is 2. The Morgan fingerprint density at radius 2 is 1.84 bits per heavy atom. The molecule has 8 nitrogen and oxygen atoms in total. The first-order valence-corrected chi connectivity index (χ1v) is 11.7. The number of rotatable bonds is 15. The van der Waals surface area contributed by atoms with E-state index in [4.69, 9.17) is 15.2 Å². The van der Waals surface area contributed by atoms with Crippen LogP contribution in [0, 0.1) is 0 Å². The Labute approximate surface area is 191 Å². The Kier molecular flexibility index (Phi) is 10.8. The number of nitrogens with two attached hydrogens (primary N) is 1. The van der Waals surface area contributed by atoms with Crippen molar-refractivity contribution in [1.29, 1.82) is 0 Å². The van der Waals surface area contributed by atoms with Gasteiger partial charge in [-0.2, -0.15) is 0 Å². The van der Waals surface area contributed by atoms with E-state index in [1.807, 2.05) is 18.2 Å². The fourth-order valence-electron chi connectivity index (χ4n) is 3.61. The third kappa shape index (κ3) is 8.40. The summed E-state index contributed by atoms with van der Waals surface area (Å²) in [6.45, 7) is 5.43. The van der Waals surface area contributed by atoms with Crippen LogP contribution < -0.4 is 25.8 Å². The number of fused-ring (bicyclic) bond motifs is 1. The van der Waals surface area contributed by atoms with Gasteiger partial charge in [0.05, 0.1) is 5.54 Å². The highest BCUT2D eigenvalue weighted by Gasteiger charge is 2.28. The topological polar surface area (TPSA) is 115 Å². The van der Waals surface area contributed by atoms with Crippen molar-refractivity contribution in [1.82, 2.24) is 10.6 Å². The molecule has 0 saturated carbocycles. The zero-order chi connectivity index (χ0) is 23.2. The van der Waals surface area contributed by atoms with Crippen LogP contribution in [0.2, 0.25) is 0 Å². The van der Waals surface area contributed by atoms with E-state index < -0.39 is 5.54 Å². The molecule has 1 aliphatic rings. The third-order valence-corrected chi connectivity index (χ3v) is 5.58. The van der Waals surface area contributed by atoms with Crippen molar-refractivity contribution in [3.8, 4) is 11.5 Å². The number of carbonyl (C=O) groups is 2. The lowest BCUT2D eigenvalue weighted by atomic mass is 9.88. The summed E-state index contributed by atoms with van der Waals surface area (Å²) in [5, 5.41) is 6.09. The Morgan fingerprint density at radius 1 is 1.12 bits per heavy atom. The largest absolute Gasteiger partial charge is 0.454 e. The highest BCUT2D eigenvalue weighted by molar-refractivity contribution is 5.83. The van der Waals surface area contributed by atoms with Crippen LogP contribution in [-0.4, -0.2) is 37.0 Å². The van der Waals surface area contributed by atoms with Gasteiger partial charge in [0.1, 0.15) is 6.29 Å². The van der Waals surface area contributed by atoms with Gasteiger partial charge in [-0.25, -0.2) is 0 Å². The van der Waals surface area contributed by atoms with Crippen LogP contribution in [0.15, 0.2) is 23.2 Å². The average molecular weight is 447 g/mol. The summed E-state index contributed by atoms with van der Waals surface area (Å²) in [6, 6.07) is 5.65. The maximum atomic E-state index is 12.1. The number of aliphatic imine (C=N–C) groups is 1. The van der Waals surface area contributed by atoms with E-state index in [9.17, 15) is 9.59 Å². The van der Waals surface area contributed by atoms with E-state index in [1.165, 1.54) is 0 Å². The van der Waals surface area contributed by atoms with Crippen molar-refractivity contribution >= 4 is 18.2 Å². The second-order valence-electron chi connectivity index (χ2n) is 8.29. The number of nitrogens with one attached hydrogen (secondary N) is 2. The van der Waals surface area contributed by atoms with E-state index in [1.54, 1.807) is 0 Å². The summed E-state index contributed by atoms with van der Waals surface area (Å²) in [5.41, 5.74) is 6.39. The number of aldehydes is 1. The molecule has 0 spiro atoms. The van der Waals surface area contributed by atoms with Crippen LogP contribution >= 0.6 is 0 Å². The summed E-state index contributed by atoms with van der Waals surface area (Å²) < 4.78 is 10.6. The zero-order valence-electron chi connectivity index (χ0n) is 19.5. The lowest BCUT2D eigenvalue weighted by Gasteiger charge is -2.30. The minimum Gasteiger partial charge on any atom is -0.454 e. The zero-order valence-corrected chi connectivity index (χ0v) is 19.5. The molecule has 0 radical (unpaired) electrons. The van der Waals surface area contributed by atoms with Crippen molar-refractivity contribution in [3.63, 3.8) is 0 Å². The summed E-state index contributed by atoms with van der Waals surface area (Å²) in [4.78, 5) is 28.3. The molecule has 1 aromatic rings. The van der Waals surface area contributed by atoms with Crippen LogP contribution in [0.25, 0.3) is 0 Å². The second-order valence-corrected chi connectivity index (χ2v) is 8.29. The van der Waals surface area contributed by atoms with Crippen molar-refractivity contribution < 1.29 is 19.1 Å². The molecular weight excluding hydrogens is 408 g/mol. The van der Waals surface area contributed by atoms with Gasteiger partial charge in [-0.3, -0.25) is 9.79 Å². The number of unbranched alkanes of at least 4 members (excludes halogenated alkanes) is 3. The molecule has 1 aliphatic heterocycles. The van der Waals surface area contributed by atoms with Crippen LogP contribution in [0.3, 0.4) is 0 Å². The van der Waals surface area contributed by atoms with E-state index in [2.05, 4.69) is 29.5 Å². The summed E-state index contributed by atoms with van der Waals surface area (Å²) in [5.74, 6) is 1.74. The number of carbonyl (C=O) groups excluding carboxylic acids is 2. The molecule has 0 atom stereocenters. The molecule has 1 heterocycles. The minimum absolute atomic E-state index is 0.00292. The molecule has 1 aromatic carbocycles. The average Bonchev–Trinajstić information content (AvgIpc) is 3.27. The van der Waals surface area contributed by atoms with Crippen LogP contribution in [0.4, 0.5) is 0 Å². The van der Waals surface area contributed by atoms with Crippen LogP contribution in [-0.2, 0) is 16.1 Å². The van der Waals surface area contributed by atoms with E-state index in [0.717, 1.165) is 62.5 Å². The normalized spacial score (nSPS) is 13.1. The number of hydrogen-bond donors (Lipinski definition) is 3. The molecule has 32 heavy (non-hydrogen) atoms. The maximum absolute atomic E-state index is 12.1. The van der Waals surface area contributed by atoms with Gasteiger partial charge in [0, 0.05) is 19.5 Å². The van der Waals surface area contributed by atoms with E-state index in [-0.39, 0.29) is 12.7 Å².